The molecule has 0 unspecified atom stereocenters. The molecule has 2 rings (SSSR count). The summed E-state index contributed by atoms with van der Waals surface area (Å²) in [5, 5.41) is 0.485. The summed E-state index contributed by atoms with van der Waals surface area (Å²) in [7, 11) is -3.92. The molecule has 0 spiro atoms. The van der Waals surface area contributed by atoms with Gasteiger partial charge in [-0.2, -0.15) is 0 Å². The van der Waals surface area contributed by atoms with Crippen molar-refractivity contribution in [3.8, 4) is 0 Å². The zero-order chi connectivity index (χ0) is 15.6. The molecule has 0 aliphatic rings. The summed E-state index contributed by atoms with van der Waals surface area (Å²) in [6.07, 6.45) is 0. The Morgan fingerprint density at radius 1 is 1.19 bits per heavy atom. The highest BCUT2D eigenvalue weighted by atomic mass is 79.9. The van der Waals surface area contributed by atoms with Crippen molar-refractivity contribution in [1.29, 1.82) is 0 Å². The van der Waals surface area contributed by atoms with Crippen molar-refractivity contribution in [3.63, 3.8) is 0 Å². The van der Waals surface area contributed by atoms with Crippen molar-refractivity contribution in [2.75, 3.05) is 0 Å². The zero-order valence-corrected chi connectivity index (χ0v) is 14.1. The quantitative estimate of drug-likeness (QED) is 0.875. The number of rotatable bonds is 3. The third-order valence-corrected chi connectivity index (χ3v) is 4.82. The van der Waals surface area contributed by atoms with Gasteiger partial charge < -0.3 is 0 Å². The Kier molecular flexibility index (Phi) is 4.70. The number of aryl methyl sites for hydroxylation is 1. The van der Waals surface area contributed by atoms with Crippen molar-refractivity contribution in [2.24, 2.45) is 0 Å². The van der Waals surface area contributed by atoms with Crippen LogP contribution in [0.3, 0.4) is 0 Å². The predicted molar refractivity (Wildman–Crippen MR) is 85.0 cm³/mol. The standard InChI is InChI=1S/C14H11BrClNO3S/c1-9-7-11(16)5-6-13(9)14(18)17-21(19,20)12-4-2-3-10(15)8-12/h2-8H,1H3,(H,17,18). The van der Waals surface area contributed by atoms with Crippen molar-refractivity contribution in [1.82, 2.24) is 4.72 Å². The number of amides is 1. The summed E-state index contributed by atoms with van der Waals surface area (Å²) in [6, 6.07) is 10.7. The fourth-order valence-electron chi connectivity index (χ4n) is 1.75. The van der Waals surface area contributed by atoms with Gasteiger partial charge in [0.05, 0.1) is 4.90 Å². The van der Waals surface area contributed by atoms with Gasteiger partial charge in [-0.25, -0.2) is 13.1 Å². The van der Waals surface area contributed by atoms with Crippen LogP contribution in [0.5, 0.6) is 0 Å². The van der Waals surface area contributed by atoms with Crippen LogP contribution in [0.2, 0.25) is 5.02 Å². The summed E-state index contributed by atoms with van der Waals surface area (Å²) in [6.45, 7) is 1.69. The Morgan fingerprint density at radius 2 is 1.90 bits per heavy atom. The van der Waals surface area contributed by atoms with E-state index in [1.165, 1.54) is 24.3 Å². The van der Waals surface area contributed by atoms with E-state index >= 15 is 0 Å². The average molecular weight is 389 g/mol. The lowest BCUT2D eigenvalue weighted by molar-refractivity contribution is 0.0981. The van der Waals surface area contributed by atoms with Gasteiger partial charge in [0.15, 0.2) is 0 Å². The van der Waals surface area contributed by atoms with Crippen LogP contribution >= 0.6 is 27.5 Å². The summed E-state index contributed by atoms with van der Waals surface area (Å²) in [4.78, 5) is 12.1. The fourth-order valence-corrected chi connectivity index (χ4v) is 3.54. The minimum atomic E-state index is -3.92. The van der Waals surface area contributed by atoms with E-state index in [1.807, 2.05) is 4.72 Å². The zero-order valence-electron chi connectivity index (χ0n) is 10.9. The fraction of sp³-hybridized carbons (Fsp3) is 0.0714. The predicted octanol–water partition coefficient (Wildman–Crippen LogP) is 3.53. The highest BCUT2D eigenvalue weighted by Gasteiger charge is 2.20. The summed E-state index contributed by atoms with van der Waals surface area (Å²) >= 11 is 9.01. The van der Waals surface area contributed by atoms with E-state index < -0.39 is 15.9 Å². The van der Waals surface area contributed by atoms with Crippen LogP contribution in [-0.4, -0.2) is 14.3 Å². The third-order valence-electron chi connectivity index (χ3n) is 2.77. The second-order valence-corrected chi connectivity index (χ2v) is 7.39. The molecule has 4 nitrogen and oxygen atoms in total. The first kappa shape index (κ1) is 16.0. The molecule has 0 saturated heterocycles. The number of carbonyl (C=O) groups excluding carboxylic acids is 1. The van der Waals surface area contributed by atoms with Gasteiger partial charge in [0.25, 0.3) is 15.9 Å². The molecule has 0 atom stereocenters. The van der Waals surface area contributed by atoms with Crippen molar-refractivity contribution < 1.29 is 13.2 Å². The van der Waals surface area contributed by atoms with Gasteiger partial charge >= 0.3 is 0 Å². The van der Waals surface area contributed by atoms with Gasteiger partial charge in [-0.3, -0.25) is 4.79 Å². The molecule has 0 aliphatic carbocycles. The molecule has 0 radical (unpaired) electrons. The number of hydrogen-bond donors (Lipinski definition) is 1. The second-order valence-electron chi connectivity index (χ2n) is 4.35. The first-order valence-electron chi connectivity index (χ1n) is 5.88. The molecule has 0 aromatic heterocycles. The Bertz CT molecular complexity index is 806. The molecule has 21 heavy (non-hydrogen) atoms. The number of carbonyl (C=O) groups is 1. The summed E-state index contributed by atoms with van der Waals surface area (Å²) in [5.41, 5.74) is 0.863. The van der Waals surface area contributed by atoms with Crippen molar-refractivity contribution >= 4 is 43.5 Å². The van der Waals surface area contributed by atoms with Gasteiger partial charge in [0.1, 0.15) is 0 Å². The minimum Gasteiger partial charge on any atom is -0.268 e. The molecule has 1 amide bonds. The number of sulfonamides is 1. The van der Waals surface area contributed by atoms with Gasteiger partial charge in [-0.1, -0.05) is 33.6 Å². The Balaban J connectivity index is 2.30. The maximum absolute atomic E-state index is 12.2. The Hall–Kier alpha value is -1.37. The largest absolute Gasteiger partial charge is 0.268 e. The molecule has 7 heteroatoms. The number of hydrogen-bond acceptors (Lipinski definition) is 3. The first-order valence-corrected chi connectivity index (χ1v) is 8.54. The maximum atomic E-state index is 12.2. The normalized spacial score (nSPS) is 11.2. The van der Waals surface area contributed by atoms with E-state index in [1.54, 1.807) is 25.1 Å². The highest BCUT2D eigenvalue weighted by molar-refractivity contribution is 9.10. The molecular weight excluding hydrogens is 378 g/mol. The molecule has 2 aromatic carbocycles. The van der Waals surface area contributed by atoms with Gasteiger partial charge in [-0.05, 0) is 48.9 Å². The van der Waals surface area contributed by atoms with Crippen LogP contribution < -0.4 is 4.72 Å². The highest BCUT2D eigenvalue weighted by Crippen LogP contribution is 2.18. The Labute approximate surface area is 136 Å². The molecule has 110 valence electrons. The van der Waals surface area contributed by atoms with E-state index in [-0.39, 0.29) is 10.5 Å². The van der Waals surface area contributed by atoms with Crippen LogP contribution in [-0.2, 0) is 10.0 Å². The monoisotopic (exact) mass is 387 g/mol. The van der Waals surface area contributed by atoms with Crippen LogP contribution in [0.1, 0.15) is 15.9 Å². The van der Waals surface area contributed by atoms with Gasteiger partial charge in [0, 0.05) is 15.1 Å². The van der Waals surface area contributed by atoms with Crippen LogP contribution in [0.4, 0.5) is 0 Å². The molecule has 0 heterocycles. The number of benzene rings is 2. The van der Waals surface area contributed by atoms with E-state index in [0.717, 1.165) is 0 Å². The molecule has 2 aromatic rings. The SMILES string of the molecule is Cc1cc(Cl)ccc1C(=O)NS(=O)(=O)c1cccc(Br)c1. The summed E-state index contributed by atoms with van der Waals surface area (Å²) < 4.78 is 27.0. The van der Waals surface area contributed by atoms with Gasteiger partial charge in [-0.15, -0.1) is 0 Å². The van der Waals surface area contributed by atoms with Crippen molar-refractivity contribution in [2.45, 2.75) is 11.8 Å². The van der Waals surface area contributed by atoms with Crippen molar-refractivity contribution in [3.05, 3.63) is 63.1 Å². The number of nitrogens with one attached hydrogen (secondary N) is 1. The second kappa shape index (κ2) is 6.17. The molecule has 0 bridgehead atoms. The van der Waals surface area contributed by atoms with Crippen LogP contribution in [0, 0.1) is 6.92 Å². The summed E-state index contributed by atoms with van der Waals surface area (Å²) in [5.74, 6) is -0.691. The third kappa shape index (κ3) is 3.84. The Morgan fingerprint density at radius 3 is 2.52 bits per heavy atom. The van der Waals surface area contributed by atoms with E-state index in [4.69, 9.17) is 11.6 Å². The molecule has 0 saturated carbocycles. The number of halogens is 2. The van der Waals surface area contributed by atoms with E-state index in [2.05, 4.69) is 15.9 Å². The molecule has 1 N–H and O–H groups in total. The van der Waals surface area contributed by atoms with Gasteiger partial charge in [0.2, 0.25) is 0 Å². The lowest BCUT2D eigenvalue weighted by Gasteiger charge is -2.09. The first-order chi connectivity index (χ1) is 9.79. The van der Waals surface area contributed by atoms with E-state index in [9.17, 15) is 13.2 Å². The van der Waals surface area contributed by atoms with Crippen LogP contribution in [0.15, 0.2) is 51.8 Å². The van der Waals surface area contributed by atoms with E-state index in [0.29, 0.717) is 15.1 Å². The minimum absolute atomic E-state index is 0.0110. The topological polar surface area (TPSA) is 63.2 Å². The molecule has 0 fully saturated rings. The molecular formula is C14H11BrClNO3S. The lowest BCUT2D eigenvalue weighted by Crippen LogP contribution is -2.31. The smallest absolute Gasteiger partial charge is 0.265 e. The molecule has 0 aliphatic heterocycles. The maximum Gasteiger partial charge on any atom is 0.265 e. The average Bonchev–Trinajstić information content (AvgIpc) is 2.37. The lowest BCUT2D eigenvalue weighted by atomic mass is 10.1. The van der Waals surface area contributed by atoms with Crippen LogP contribution in [0.25, 0.3) is 0 Å².